The van der Waals surface area contributed by atoms with Crippen molar-refractivity contribution in [3.8, 4) is 16.9 Å². The molecule has 0 bridgehead atoms. The van der Waals surface area contributed by atoms with E-state index in [0.717, 1.165) is 45.2 Å². The van der Waals surface area contributed by atoms with E-state index in [1.54, 1.807) is 0 Å². The third-order valence-electron chi connectivity index (χ3n) is 4.51. The Kier molecular flexibility index (Phi) is 5.89. The molecule has 3 heteroatoms. The molecule has 0 aromatic heterocycles. The van der Waals surface area contributed by atoms with Gasteiger partial charge >= 0.3 is 0 Å². The highest BCUT2D eigenvalue weighted by Crippen LogP contribution is 2.31. The van der Waals surface area contributed by atoms with E-state index in [-0.39, 0.29) is 0 Å². The summed E-state index contributed by atoms with van der Waals surface area (Å²) in [5.74, 6) is 1.47. The first kappa shape index (κ1) is 17.0. The van der Waals surface area contributed by atoms with Crippen molar-refractivity contribution < 1.29 is 9.47 Å². The summed E-state index contributed by atoms with van der Waals surface area (Å²) in [4.78, 5) is 2.40. The van der Waals surface area contributed by atoms with E-state index in [9.17, 15) is 0 Å². The SMILES string of the molecule is CC(C)c1ccc(-c2ccccc2)cc1OCCN1CCOCC1. The molecule has 1 saturated heterocycles. The lowest BCUT2D eigenvalue weighted by atomic mass is 9.97. The Hall–Kier alpha value is -1.84. The quantitative estimate of drug-likeness (QED) is 0.795. The third-order valence-corrected chi connectivity index (χ3v) is 4.51. The summed E-state index contributed by atoms with van der Waals surface area (Å²) >= 11 is 0. The first-order valence-electron chi connectivity index (χ1n) is 8.86. The molecule has 3 rings (SSSR count). The van der Waals surface area contributed by atoms with Crippen molar-refractivity contribution in [1.29, 1.82) is 0 Å². The van der Waals surface area contributed by atoms with Crippen LogP contribution >= 0.6 is 0 Å². The maximum Gasteiger partial charge on any atom is 0.123 e. The molecule has 0 spiro atoms. The highest BCUT2D eigenvalue weighted by molar-refractivity contribution is 5.66. The van der Waals surface area contributed by atoms with Gasteiger partial charge in [-0.3, -0.25) is 4.90 Å². The van der Waals surface area contributed by atoms with Crippen LogP contribution in [0.15, 0.2) is 48.5 Å². The largest absolute Gasteiger partial charge is 0.492 e. The van der Waals surface area contributed by atoms with Gasteiger partial charge in [0, 0.05) is 19.6 Å². The second kappa shape index (κ2) is 8.32. The van der Waals surface area contributed by atoms with Crippen molar-refractivity contribution in [2.75, 3.05) is 39.5 Å². The molecule has 2 aromatic carbocycles. The summed E-state index contributed by atoms with van der Waals surface area (Å²) in [6, 6.07) is 17.1. The molecule has 2 aromatic rings. The van der Waals surface area contributed by atoms with Gasteiger partial charge in [0.2, 0.25) is 0 Å². The summed E-state index contributed by atoms with van der Waals surface area (Å²) < 4.78 is 11.6. The summed E-state index contributed by atoms with van der Waals surface area (Å²) in [5, 5.41) is 0. The molecule has 0 atom stereocenters. The Morgan fingerprint density at radius 3 is 2.46 bits per heavy atom. The lowest BCUT2D eigenvalue weighted by molar-refractivity contribution is 0.0322. The zero-order chi connectivity index (χ0) is 16.8. The first-order chi connectivity index (χ1) is 11.7. The molecule has 0 N–H and O–H groups in total. The van der Waals surface area contributed by atoms with E-state index in [2.05, 4.69) is 61.2 Å². The molecule has 3 nitrogen and oxygen atoms in total. The number of benzene rings is 2. The minimum atomic E-state index is 0.452. The average molecular weight is 325 g/mol. The molecule has 0 unspecified atom stereocenters. The second-order valence-electron chi connectivity index (χ2n) is 6.58. The molecule has 1 aliphatic heterocycles. The van der Waals surface area contributed by atoms with Gasteiger partial charge in [-0.15, -0.1) is 0 Å². The van der Waals surface area contributed by atoms with Gasteiger partial charge in [0.1, 0.15) is 12.4 Å². The van der Waals surface area contributed by atoms with Gasteiger partial charge in [-0.1, -0.05) is 56.3 Å². The van der Waals surface area contributed by atoms with Crippen LogP contribution in [0, 0.1) is 0 Å². The van der Waals surface area contributed by atoms with Gasteiger partial charge in [-0.25, -0.2) is 0 Å². The van der Waals surface area contributed by atoms with Crippen molar-refractivity contribution in [2.24, 2.45) is 0 Å². The molecule has 0 radical (unpaired) electrons. The number of hydrogen-bond donors (Lipinski definition) is 0. The summed E-state index contributed by atoms with van der Waals surface area (Å²) in [5.41, 5.74) is 3.71. The van der Waals surface area contributed by atoms with Crippen molar-refractivity contribution in [3.63, 3.8) is 0 Å². The predicted octanol–water partition coefficient (Wildman–Crippen LogP) is 4.19. The highest BCUT2D eigenvalue weighted by atomic mass is 16.5. The van der Waals surface area contributed by atoms with Crippen LogP contribution in [0.2, 0.25) is 0 Å². The molecule has 0 saturated carbocycles. The van der Waals surface area contributed by atoms with E-state index < -0.39 is 0 Å². The molecular weight excluding hydrogens is 298 g/mol. The van der Waals surface area contributed by atoms with Crippen LogP contribution < -0.4 is 4.74 Å². The zero-order valence-corrected chi connectivity index (χ0v) is 14.7. The standard InChI is InChI=1S/C21H27NO2/c1-17(2)20-9-8-19(18-6-4-3-5-7-18)16-21(20)24-15-12-22-10-13-23-14-11-22/h3-9,16-17H,10-15H2,1-2H3. The predicted molar refractivity (Wildman–Crippen MR) is 98.7 cm³/mol. The van der Waals surface area contributed by atoms with Gasteiger partial charge < -0.3 is 9.47 Å². The van der Waals surface area contributed by atoms with E-state index >= 15 is 0 Å². The fraction of sp³-hybridized carbons (Fsp3) is 0.429. The summed E-state index contributed by atoms with van der Waals surface area (Å²) in [6.07, 6.45) is 0. The number of ether oxygens (including phenoxy) is 2. The van der Waals surface area contributed by atoms with Gasteiger partial charge in [0.05, 0.1) is 13.2 Å². The topological polar surface area (TPSA) is 21.7 Å². The Morgan fingerprint density at radius 2 is 1.75 bits per heavy atom. The molecule has 1 aliphatic rings. The minimum Gasteiger partial charge on any atom is -0.492 e. The Morgan fingerprint density at radius 1 is 1.00 bits per heavy atom. The van der Waals surface area contributed by atoms with E-state index in [1.807, 2.05) is 6.07 Å². The van der Waals surface area contributed by atoms with Crippen LogP contribution in [0.3, 0.4) is 0 Å². The van der Waals surface area contributed by atoms with E-state index in [4.69, 9.17) is 9.47 Å². The van der Waals surface area contributed by atoms with Crippen molar-refractivity contribution in [3.05, 3.63) is 54.1 Å². The maximum absolute atomic E-state index is 6.18. The number of rotatable bonds is 6. The van der Waals surface area contributed by atoms with Crippen LogP contribution in [0.1, 0.15) is 25.3 Å². The van der Waals surface area contributed by atoms with E-state index in [0.29, 0.717) is 5.92 Å². The molecule has 0 amide bonds. The fourth-order valence-electron chi connectivity index (χ4n) is 3.06. The van der Waals surface area contributed by atoms with Crippen LogP contribution in [-0.2, 0) is 4.74 Å². The highest BCUT2D eigenvalue weighted by Gasteiger charge is 2.13. The zero-order valence-electron chi connectivity index (χ0n) is 14.7. The van der Waals surface area contributed by atoms with Gasteiger partial charge in [-0.05, 0) is 28.7 Å². The lowest BCUT2D eigenvalue weighted by Crippen LogP contribution is -2.38. The second-order valence-corrected chi connectivity index (χ2v) is 6.58. The van der Waals surface area contributed by atoms with E-state index in [1.165, 1.54) is 16.7 Å². The van der Waals surface area contributed by atoms with Crippen LogP contribution in [0.25, 0.3) is 11.1 Å². The molecule has 128 valence electrons. The van der Waals surface area contributed by atoms with Crippen LogP contribution in [-0.4, -0.2) is 44.4 Å². The Balaban J connectivity index is 1.71. The smallest absolute Gasteiger partial charge is 0.123 e. The normalized spacial score (nSPS) is 15.6. The average Bonchev–Trinajstić information content (AvgIpc) is 2.63. The lowest BCUT2D eigenvalue weighted by Gasteiger charge is -2.26. The maximum atomic E-state index is 6.18. The monoisotopic (exact) mass is 325 g/mol. The van der Waals surface area contributed by atoms with Gasteiger partial charge in [0.15, 0.2) is 0 Å². The van der Waals surface area contributed by atoms with Gasteiger partial charge in [0.25, 0.3) is 0 Å². The minimum absolute atomic E-state index is 0.452. The third kappa shape index (κ3) is 4.37. The molecular formula is C21H27NO2. The van der Waals surface area contributed by atoms with Crippen molar-refractivity contribution in [1.82, 2.24) is 4.90 Å². The molecule has 1 fully saturated rings. The molecule has 1 heterocycles. The van der Waals surface area contributed by atoms with Crippen LogP contribution in [0.5, 0.6) is 5.75 Å². The first-order valence-corrected chi connectivity index (χ1v) is 8.86. The fourth-order valence-corrected chi connectivity index (χ4v) is 3.06. The van der Waals surface area contributed by atoms with Crippen molar-refractivity contribution in [2.45, 2.75) is 19.8 Å². The number of hydrogen-bond acceptors (Lipinski definition) is 3. The summed E-state index contributed by atoms with van der Waals surface area (Å²) in [7, 11) is 0. The molecule has 0 aliphatic carbocycles. The van der Waals surface area contributed by atoms with Gasteiger partial charge in [-0.2, -0.15) is 0 Å². The Labute approximate surface area is 145 Å². The van der Waals surface area contributed by atoms with Crippen molar-refractivity contribution >= 4 is 0 Å². The molecule has 24 heavy (non-hydrogen) atoms. The number of nitrogens with zero attached hydrogens (tertiary/aromatic N) is 1. The number of morpholine rings is 1. The summed E-state index contributed by atoms with van der Waals surface area (Å²) in [6.45, 7) is 9.78. The van der Waals surface area contributed by atoms with Crippen LogP contribution in [0.4, 0.5) is 0 Å². The Bertz CT molecular complexity index is 634.